The number of pyridine rings is 1. The van der Waals surface area contributed by atoms with Gasteiger partial charge in [0.1, 0.15) is 5.82 Å². The molecule has 98 valence electrons. The molecular formula is C14H21N3O. The summed E-state index contributed by atoms with van der Waals surface area (Å²) in [5, 5.41) is 0. The van der Waals surface area contributed by atoms with Gasteiger partial charge in [-0.2, -0.15) is 0 Å². The lowest BCUT2D eigenvalue weighted by atomic mass is 9.96. The van der Waals surface area contributed by atoms with Crippen molar-refractivity contribution < 1.29 is 4.79 Å². The van der Waals surface area contributed by atoms with Crippen LogP contribution in [0.25, 0.3) is 0 Å². The first-order chi connectivity index (χ1) is 8.77. The summed E-state index contributed by atoms with van der Waals surface area (Å²) in [6.07, 6.45) is 6.12. The highest BCUT2D eigenvalue weighted by molar-refractivity contribution is 5.53. The van der Waals surface area contributed by atoms with Gasteiger partial charge in [-0.25, -0.2) is 4.98 Å². The number of anilines is 1. The zero-order chi connectivity index (χ0) is 13.0. The van der Waals surface area contributed by atoms with E-state index >= 15 is 0 Å². The van der Waals surface area contributed by atoms with Crippen LogP contribution in [0.5, 0.6) is 0 Å². The van der Waals surface area contributed by atoms with Crippen LogP contribution in [0.1, 0.15) is 37.8 Å². The molecule has 4 heteroatoms. The molecule has 0 spiro atoms. The maximum absolute atomic E-state index is 11.2. The van der Waals surface area contributed by atoms with Crippen LogP contribution in [0.3, 0.4) is 0 Å². The SMILES string of the molecule is CCN(C)c1ncccc1[C@@H]1CCCCN1C=O. The third-order valence-corrected chi connectivity index (χ3v) is 3.69. The Kier molecular flexibility index (Phi) is 4.18. The van der Waals surface area contributed by atoms with E-state index in [9.17, 15) is 4.79 Å². The smallest absolute Gasteiger partial charge is 0.210 e. The van der Waals surface area contributed by atoms with E-state index in [2.05, 4.69) is 22.9 Å². The summed E-state index contributed by atoms with van der Waals surface area (Å²) in [6, 6.07) is 4.25. The Labute approximate surface area is 109 Å². The second-order valence-corrected chi connectivity index (χ2v) is 4.79. The molecule has 0 aromatic carbocycles. The number of carbonyl (C=O) groups excluding carboxylic acids is 1. The summed E-state index contributed by atoms with van der Waals surface area (Å²) in [6.45, 7) is 3.88. The minimum absolute atomic E-state index is 0.189. The predicted octanol–water partition coefficient (Wildman–Crippen LogP) is 2.22. The number of hydrogen-bond acceptors (Lipinski definition) is 3. The van der Waals surface area contributed by atoms with E-state index in [4.69, 9.17) is 0 Å². The molecule has 1 saturated heterocycles. The lowest BCUT2D eigenvalue weighted by Crippen LogP contribution is -2.33. The van der Waals surface area contributed by atoms with E-state index in [-0.39, 0.29) is 6.04 Å². The molecule has 1 amide bonds. The van der Waals surface area contributed by atoms with Crippen molar-refractivity contribution in [2.24, 2.45) is 0 Å². The third kappa shape index (κ3) is 2.47. The van der Waals surface area contributed by atoms with Crippen molar-refractivity contribution >= 4 is 12.2 Å². The fourth-order valence-electron chi connectivity index (χ4n) is 2.55. The summed E-state index contributed by atoms with van der Waals surface area (Å²) in [4.78, 5) is 19.7. The first kappa shape index (κ1) is 12.9. The molecule has 18 heavy (non-hydrogen) atoms. The first-order valence-corrected chi connectivity index (χ1v) is 6.65. The van der Waals surface area contributed by atoms with E-state index in [0.717, 1.165) is 38.2 Å². The predicted molar refractivity (Wildman–Crippen MR) is 72.5 cm³/mol. The van der Waals surface area contributed by atoms with Gasteiger partial charge in [0.25, 0.3) is 0 Å². The van der Waals surface area contributed by atoms with Crippen molar-refractivity contribution in [2.75, 3.05) is 25.0 Å². The van der Waals surface area contributed by atoms with E-state index in [1.54, 1.807) is 0 Å². The van der Waals surface area contributed by atoms with E-state index < -0.39 is 0 Å². The van der Waals surface area contributed by atoms with Gasteiger partial charge in [-0.1, -0.05) is 6.07 Å². The molecule has 1 fully saturated rings. The Morgan fingerprint density at radius 1 is 1.56 bits per heavy atom. The lowest BCUT2D eigenvalue weighted by Gasteiger charge is -2.34. The monoisotopic (exact) mass is 247 g/mol. The fraction of sp³-hybridized carbons (Fsp3) is 0.571. The van der Waals surface area contributed by atoms with Gasteiger partial charge in [0.05, 0.1) is 6.04 Å². The molecule has 4 nitrogen and oxygen atoms in total. The zero-order valence-electron chi connectivity index (χ0n) is 11.2. The molecular weight excluding hydrogens is 226 g/mol. The third-order valence-electron chi connectivity index (χ3n) is 3.69. The minimum atomic E-state index is 0.189. The van der Waals surface area contributed by atoms with Gasteiger partial charge in [-0.3, -0.25) is 4.79 Å². The normalized spacial score (nSPS) is 19.7. The number of hydrogen-bond donors (Lipinski definition) is 0. The van der Waals surface area contributed by atoms with Gasteiger partial charge in [-0.15, -0.1) is 0 Å². The number of carbonyl (C=O) groups is 1. The molecule has 1 aromatic rings. The maximum Gasteiger partial charge on any atom is 0.210 e. The zero-order valence-corrected chi connectivity index (χ0v) is 11.2. The van der Waals surface area contributed by atoms with Crippen LogP contribution in [-0.4, -0.2) is 36.4 Å². The lowest BCUT2D eigenvalue weighted by molar-refractivity contribution is -0.121. The molecule has 0 unspecified atom stereocenters. The van der Waals surface area contributed by atoms with E-state index in [1.807, 2.05) is 24.2 Å². The highest BCUT2D eigenvalue weighted by Gasteiger charge is 2.25. The van der Waals surface area contributed by atoms with Gasteiger partial charge in [-0.05, 0) is 32.3 Å². The summed E-state index contributed by atoms with van der Waals surface area (Å²) in [5.74, 6) is 0.999. The van der Waals surface area contributed by atoms with Crippen LogP contribution in [0.2, 0.25) is 0 Å². The van der Waals surface area contributed by atoms with Crippen molar-refractivity contribution in [3.63, 3.8) is 0 Å². The number of nitrogens with zero attached hydrogens (tertiary/aromatic N) is 3. The van der Waals surface area contributed by atoms with Gasteiger partial charge in [0, 0.05) is 31.9 Å². The maximum atomic E-state index is 11.2. The Morgan fingerprint density at radius 2 is 2.39 bits per heavy atom. The largest absolute Gasteiger partial charge is 0.360 e. The molecule has 1 aliphatic heterocycles. The second kappa shape index (κ2) is 5.85. The number of aromatic nitrogens is 1. The van der Waals surface area contributed by atoms with Crippen molar-refractivity contribution in [3.05, 3.63) is 23.9 Å². The summed E-state index contributed by atoms with van der Waals surface area (Å²) in [7, 11) is 2.04. The Hall–Kier alpha value is -1.58. The minimum Gasteiger partial charge on any atom is -0.360 e. The van der Waals surface area contributed by atoms with Crippen LogP contribution < -0.4 is 4.90 Å². The molecule has 2 rings (SSSR count). The molecule has 1 aliphatic rings. The van der Waals surface area contributed by atoms with Crippen molar-refractivity contribution in [2.45, 2.75) is 32.2 Å². The summed E-state index contributed by atoms with van der Waals surface area (Å²) < 4.78 is 0. The average molecular weight is 247 g/mol. The molecule has 1 aromatic heterocycles. The fourth-order valence-corrected chi connectivity index (χ4v) is 2.55. The van der Waals surface area contributed by atoms with Crippen molar-refractivity contribution in [1.82, 2.24) is 9.88 Å². The number of piperidine rings is 1. The van der Waals surface area contributed by atoms with Gasteiger partial charge < -0.3 is 9.80 Å². The molecule has 1 atom stereocenters. The van der Waals surface area contributed by atoms with Crippen LogP contribution in [-0.2, 0) is 4.79 Å². The molecule has 0 N–H and O–H groups in total. The van der Waals surface area contributed by atoms with Gasteiger partial charge >= 0.3 is 0 Å². The molecule has 0 saturated carbocycles. The number of amides is 1. The number of likely N-dealkylation sites (tertiary alicyclic amines) is 1. The average Bonchev–Trinajstić information content (AvgIpc) is 2.46. The Morgan fingerprint density at radius 3 is 3.11 bits per heavy atom. The molecule has 0 radical (unpaired) electrons. The quantitative estimate of drug-likeness (QED) is 0.765. The number of rotatable bonds is 4. The highest BCUT2D eigenvalue weighted by atomic mass is 16.1. The second-order valence-electron chi connectivity index (χ2n) is 4.79. The van der Waals surface area contributed by atoms with Gasteiger partial charge in [0.15, 0.2) is 0 Å². The summed E-state index contributed by atoms with van der Waals surface area (Å²) in [5.41, 5.74) is 1.17. The van der Waals surface area contributed by atoms with Gasteiger partial charge in [0.2, 0.25) is 6.41 Å². The topological polar surface area (TPSA) is 36.4 Å². The first-order valence-electron chi connectivity index (χ1n) is 6.65. The molecule has 0 bridgehead atoms. The van der Waals surface area contributed by atoms with E-state index in [1.165, 1.54) is 12.0 Å². The highest BCUT2D eigenvalue weighted by Crippen LogP contribution is 2.34. The van der Waals surface area contributed by atoms with Crippen molar-refractivity contribution in [3.8, 4) is 0 Å². The Bertz CT molecular complexity index is 408. The Balaban J connectivity index is 2.33. The van der Waals surface area contributed by atoms with E-state index in [0.29, 0.717) is 0 Å². The standard InChI is InChI=1S/C14H21N3O/c1-3-16(2)14-12(7-6-9-15-14)13-8-4-5-10-17(13)11-18/h6-7,9,11,13H,3-5,8,10H2,1-2H3/t13-/m0/s1. The molecule has 0 aliphatic carbocycles. The van der Waals surface area contributed by atoms with Crippen LogP contribution in [0.4, 0.5) is 5.82 Å². The van der Waals surface area contributed by atoms with Crippen LogP contribution >= 0.6 is 0 Å². The van der Waals surface area contributed by atoms with Crippen LogP contribution in [0.15, 0.2) is 18.3 Å². The summed E-state index contributed by atoms with van der Waals surface area (Å²) >= 11 is 0. The molecule has 2 heterocycles. The van der Waals surface area contributed by atoms with Crippen molar-refractivity contribution in [1.29, 1.82) is 0 Å². The van der Waals surface area contributed by atoms with Crippen LogP contribution in [0, 0.1) is 0 Å².